The van der Waals surface area contributed by atoms with Gasteiger partial charge in [-0.15, -0.1) is 0 Å². The second-order valence-electron chi connectivity index (χ2n) is 6.44. The minimum atomic E-state index is 0.0321. The van der Waals surface area contributed by atoms with E-state index in [1.165, 1.54) is 0 Å². The molecule has 2 aromatic heterocycles. The number of nitrogens with zero attached hydrogens (tertiary/aromatic N) is 4. The highest BCUT2D eigenvalue weighted by Crippen LogP contribution is 2.37. The first kappa shape index (κ1) is 15.2. The predicted molar refractivity (Wildman–Crippen MR) is 88.3 cm³/mol. The summed E-state index contributed by atoms with van der Waals surface area (Å²) in [5.41, 5.74) is 1.25. The van der Waals surface area contributed by atoms with Gasteiger partial charge >= 0.3 is 0 Å². The fourth-order valence-electron chi connectivity index (χ4n) is 3.87. The molecule has 0 saturated carbocycles. The molecule has 0 N–H and O–H groups in total. The highest BCUT2D eigenvalue weighted by atomic mass is 16.5. The summed E-state index contributed by atoms with van der Waals surface area (Å²) in [7, 11) is 1.76. The van der Waals surface area contributed by atoms with Crippen LogP contribution in [-0.2, 0) is 4.74 Å². The van der Waals surface area contributed by atoms with Gasteiger partial charge in [-0.2, -0.15) is 0 Å². The Labute approximate surface area is 140 Å². The number of rotatable bonds is 3. The van der Waals surface area contributed by atoms with Gasteiger partial charge in [-0.1, -0.05) is 6.07 Å². The maximum absolute atomic E-state index is 12.9. The lowest BCUT2D eigenvalue weighted by Crippen LogP contribution is -2.48. The van der Waals surface area contributed by atoms with E-state index in [9.17, 15) is 4.79 Å². The Morgan fingerprint density at radius 1 is 1.12 bits per heavy atom. The first-order valence-corrected chi connectivity index (χ1v) is 8.35. The van der Waals surface area contributed by atoms with E-state index in [4.69, 9.17) is 4.74 Å². The third-order valence-corrected chi connectivity index (χ3v) is 5.05. The molecule has 3 atom stereocenters. The predicted octanol–water partition coefficient (Wildman–Crippen LogP) is 2.32. The van der Waals surface area contributed by atoms with Crippen molar-refractivity contribution in [3.63, 3.8) is 0 Å². The van der Waals surface area contributed by atoms with E-state index in [1.807, 2.05) is 23.1 Å². The molecule has 6 nitrogen and oxygen atoms in total. The number of ether oxygens (including phenoxy) is 1. The van der Waals surface area contributed by atoms with Gasteiger partial charge in [-0.3, -0.25) is 9.78 Å². The van der Waals surface area contributed by atoms with E-state index in [1.54, 1.807) is 25.7 Å². The Morgan fingerprint density at radius 2 is 1.83 bits per heavy atom. The molecule has 2 aromatic rings. The zero-order valence-electron chi connectivity index (χ0n) is 13.6. The topological polar surface area (TPSA) is 68.2 Å². The van der Waals surface area contributed by atoms with Crippen molar-refractivity contribution < 1.29 is 9.53 Å². The number of amides is 1. The highest BCUT2D eigenvalue weighted by Gasteiger charge is 2.43. The second-order valence-corrected chi connectivity index (χ2v) is 6.44. The fourth-order valence-corrected chi connectivity index (χ4v) is 3.87. The summed E-state index contributed by atoms with van der Waals surface area (Å²) in [6.07, 6.45) is 9.16. The van der Waals surface area contributed by atoms with Crippen molar-refractivity contribution >= 4 is 5.91 Å². The van der Waals surface area contributed by atoms with E-state index in [-0.39, 0.29) is 24.1 Å². The van der Waals surface area contributed by atoms with Crippen molar-refractivity contribution in [1.82, 2.24) is 19.9 Å². The van der Waals surface area contributed by atoms with Crippen LogP contribution in [0.15, 0.2) is 36.8 Å². The number of aromatic nitrogens is 3. The van der Waals surface area contributed by atoms with Crippen LogP contribution in [0.4, 0.5) is 0 Å². The van der Waals surface area contributed by atoms with Crippen LogP contribution in [0, 0.1) is 0 Å². The molecule has 2 saturated heterocycles. The Hall–Kier alpha value is -2.34. The first-order valence-electron chi connectivity index (χ1n) is 8.35. The summed E-state index contributed by atoms with van der Waals surface area (Å²) in [6, 6.07) is 6.14. The van der Waals surface area contributed by atoms with Crippen molar-refractivity contribution in [2.45, 2.75) is 43.9 Å². The van der Waals surface area contributed by atoms with E-state index >= 15 is 0 Å². The quantitative estimate of drug-likeness (QED) is 0.867. The van der Waals surface area contributed by atoms with Crippen LogP contribution in [0.5, 0.6) is 0 Å². The number of pyridine rings is 1. The van der Waals surface area contributed by atoms with Gasteiger partial charge in [0.15, 0.2) is 5.82 Å². The number of fused-ring (bicyclic) bond motifs is 2. The lowest BCUT2D eigenvalue weighted by molar-refractivity contribution is 0.00819. The SMILES string of the molecule is COC1C[C@H]2CC[C@@H](C1)N2C(=O)c1cnc(-c2ccccn2)nc1. The minimum Gasteiger partial charge on any atom is -0.381 e. The van der Waals surface area contributed by atoms with E-state index in [2.05, 4.69) is 15.0 Å². The van der Waals surface area contributed by atoms with Crippen molar-refractivity contribution in [2.24, 2.45) is 0 Å². The van der Waals surface area contributed by atoms with Crippen LogP contribution < -0.4 is 0 Å². The zero-order valence-corrected chi connectivity index (χ0v) is 13.6. The normalized spacial score (nSPS) is 25.7. The third-order valence-electron chi connectivity index (χ3n) is 5.05. The van der Waals surface area contributed by atoms with Gasteiger partial charge in [0.05, 0.1) is 11.7 Å². The molecule has 0 spiro atoms. The molecule has 6 heteroatoms. The number of carbonyl (C=O) groups excluding carboxylic acids is 1. The van der Waals surface area contributed by atoms with E-state index < -0.39 is 0 Å². The van der Waals surface area contributed by atoms with Gasteiger partial charge in [0.2, 0.25) is 0 Å². The minimum absolute atomic E-state index is 0.0321. The summed E-state index contributed by atoms with van der Waals surface area (Å²) in [4.78, 5) is 27.8. The molecule has 24 heavy (non-hydrogen) atoms. The first-order chi connectivity index (χ1) is 11.8. The summed E-state index contributed by atoms with van der Waals surface area (Å²) in [5.74, 6) is 0.567. The summed E-state index contributed by atoms with van der Waals surface area (Å²) in [6.45, 7) is 0. The van der Waals surface area contributed by atoms with Gasteiger partial charge in [-0.25, -0.2) is 9.97 Å². The number of carbonyl (C=O) groups is 1. The molecule has 4 rings (SSSR count). The maximum atomic E-state index is 12.9. The Balaban J connectivity index is 1.53. The highest BCUT2D eigenvalue weighted by molar-refractivity contribution is 5.94. The third kappa shape index (κ3) is 2.67. The average Bonchev–Trinajstić information content (AvgIpc) is 2.91. The average molecular weight is 324 g/mol. The Morgan fingerprint density at radius 3 is 2.42 bits per heavy atom. The summed E-state index contributed by atoms with van der Waals surface area (Å²) in [5, 5.41) is 0. The van der Waals surface area contributed by atoms with Crippen molar-refractivity contribution in [3.05, 3.63) is 42.4 Å². The smallest absolute Gasteiger partial charge is 0.257 e. The van der Waals surface area contributed by atoms with Gasteiger partial charge in [0.25, 0.3) is 5.91 Å². The van der Waals surface area contributed by atoms with Crippen LogP contribution in [0.1, 0.15) is 36.0 Å². The number of piperidine rings is 1. The molecule has 0 aliphatic carbocycles. The monoisotopic (exact) mass is 324 g/mol. The van der Waals surface area contributed by atoms with Crippen LogP contribution in [0.2, 0.25) is 0 Å². The Kier molecular flexibility index (Phi) is 3.98. The van der Waals surface area contributed by atoms with Crippen LogP contribution in [0.3, 0.4) is 0 Å². The summed E-state index contributed by atoms with van der Waals surface area (Å²) >= 11 is 0. The molecule has 2 fully saturated rings. The molecule has 1 unspecified atom stereocenters. The van der Waals surface area contributed by atoms with E-state index in [0.717, 1.165) is 25.7 Å². The molecule has 2 aliphatic heterocycles. The molecular formula is C18H20N4O2. The molecular weight excluding hydrogens is 304 g/mol. The molecule has 4 heterocycles. The van der Waals surface area contributed by atoms with Crippen LogP contribution >= 0.6 is 0 Å². The lowest BCUT2D eigenvalue weighted by atomic mass is 9.99. The second kappa shape index (κ2) is 6.28. The number of hydrogen-bond acceptors (Lipinski definition) is 5. The zero-order chi connectivity index (χ0) is 16.5. The van der Waals surface area contributed by atoms with Gasteiger partial charge < -0.3 is 9.64 Å². The van der Waals surface area contributed by atoms with Crippen LogP contribution in [-0.4, -0.2) is 51.1 Å². The van der Waals surface area contributed by atoms with Crippen molar-refractivity contribution in [2.75, 3.05) is 7.11 Å². The molecule has 0 radical (unpaired) electrons. The molecule has 124 valence electrons. The van der Waals surface area contributed by atoms with Gasteiger partial charge in [0.1, 0.15) is 5.69 Å². The van der Waals surface area contributed by atoms with Crippen molar-refractivity contribution in [3.8, 4) is 11.5 Å². The van der Waals surface area contributed by atoms with Crippen molar-refractivity contribution in [1.29, 1.82) is 0 Å². The molecule has 0 aromatic carbocycles. The molecule has 1 amide bonds. The number of hydrogen-bond donors (Lipinski definition) is 0. The van der Waals surface area contributed by atoms with Crippen LogP contribution in [0.25, 0.3) is 11.5 Å². The van der Waals surface area contributed by atoms with Gasteiger partial charge in [-0.05, 0) is 37.8 Å². The molecule has 2 bridgehead atoms. The maximum Gasteiger partial charge on any atom is 0.257 e. The lowest BCUT2D eigenvalue weighted by Gasteiger charge is -2.38. The Bertz CT molecular complexity index is 706. The van der Waals surface area contributed by atoms with Gasteiger partial charge in [0, 0.05) is 37.8 Å². The summed E-state index contributed by atoms with van der Waals surface area (Å²) < 4.78 is 5.50. The molecule has 2 aliphatic rings. The largest absolute Gasteiger partial charge is 0.381 e. The number of methoxy groups -OCH3 is 1. The standard InChI is InChI=1S/C18H20N4O2/c1-24-15-8-13-5-6-14(9-15)22(13)18(23)12-10-20-17(21-11-12)16-4-2-3-7-19-16/h2-4,7,10-11,13-15H,5-6,8-9H2,1H3/t13-,14+,15?. The fraction of sp³-hybridized carbons (Fsp3) is 0.444. The van der Waals surface area contributed by atoms with E-state index in [0.29, 0.717) is 17.1 Å².